The van der Waals surface area contributed by atoms with Crippen molar-refractivity contribution in [3.63, 3.8) is 0 Å². The van der Waals surface area contributed by atoms with Gasteiger partial charge in [0, 0.05) is 23.9 Å². The lowest BCUT2D eigenvalue weighted by Crippen LogP contribution is -2.20. The zero-order valence-corrected chi connectivity index (χ0v) is 17.4. The molecule has 12 nitrogen and oxygen atoms in total. The Morgan fingerprint density at radius 2 is 1.68 bits per heavy atom. The molecule has 172 valence electrons. The molecule has 0 atom stereocenters. The van der Waals surface area contributed by atoms with Gasteiger partial charge in [0.2, 0.25) is 0 Å². The highest BCUT2D eigenvalue weighted by Crippen LogP contribution is 2.18. The lowest BCUT2D eigenvalue weighted by atomic mass is 10.2. The van der Waals surface area contributed by atoms with E-state index in [4.69, 9.17) is 4.74 Å². The third kappa shape index (κ3) is 6.43. The molecule has 0 aromatic heterocycles. The van der Waals surface area contributed by atoms with Gasteiger partial charge >= 0.3 is 0 Å². The number of hydrogen-bond donors (Lipinski definition) is 2. The van der Waals surface area contributed by atoms with E-state index in [1.165, 1.54) is 54.7 Å². The lowest BCUT2D eigenvalue weighted by Gasteiger charge is -2.07. The molecule has 34 heavy (non-hydrogen) atoms. The number of hydrazone groups is 1. The Kier molecular flexibility index (Phi) is 7.58. The Morgan fingerprint density at radius 3 is 2.38 bits per heavy atom. The van der Waals surface area contributed by atoms with E-state index in [2.05, 4.69) is 15.8 Å². The van der Waals surface area contributed by atoms with Crippen LogP contribution in [0.25, 0.3) is 0 Å². The van der Waals surface area contributed by atoms with Crippen LogP contribution in [0.3, 0.4) is 0 Å². The number of para-hydroxylation sites is 1. The lowest BCUT2D eigenvalue weighted by molar-refractivity contribution is -0.385. The van der Waals surface area contributed by atoms with E-state index < -0.39 is 21.7 Å². The molecule has 3 aromatic carbocycles. The molecule has 0 unspecified atom stereocenters. The number of nitro groups is 2. The first-order chi connectivity index (χ1) is 16.3. The largest absolute Gasteiger partial charge is 0.484 e. The van der Waals surface area contributed by atoms with Crippen LogP contribution in [0.5, 0.6) is 5.75 Å². The summed E-state index contributed by atoms with van der Waals surface area (Å²) in [4.78, 5) is 44.7. The number of non-ortho nitro benzene ring substituents is 1. The maximum atomic E-state index is 12.1. The summed E-state index contributed by atoms with van der Waals surface area (Å²) in [7, 11) is 0. The fourth-order valence-electron chi connectivity index (χ4n) is 2.74. The topological polar surface area (TPSA) is 166 Å². The number of carbonyl (C=O) groups is 2. The molecular formula is C22H17N5O7. The molecule has 0 aliphatic heterocycles. The number of hydrogen-bond acceptors (Lipinski definition) is 8. The minimum atomic E-state index is -0.724. The molecule has 0 saturated heterocycles. The van der Waals surface area contributed by atoms with Crippen LogP contribution in [-0.2, 0) is 4.79 Å². The first-order valence-corrected chi connectivity index (χ1v) is 9.67. The summed E-state index contributed by atoms with van der Waals surface area (Å²) in [6.07, 6.45) is 1.34. The molecule has 0 saturated carbocycles. The van der Waals surface area contributed by atoms with Crippen LogP contribution in [0.2, 0.25) is 0 Å². The van der Waals surface area contributed by atoms with Crippen molar-refractivity contribution in [1.29, 1.82) is 0 Å². The molecule has 0 heterocycles. The van der Waals surface area contributed by atoms with Crippen LogP contribution in [-0.4, -0.2) is 34.5 Å². The molecule has 2 amide bonds. The van der Waals surface area contributed by atoms with Gasteiger partial charge in [-0.15, -0.1) is 0 Å². The Bertz CT molecular complexity index is 1260. The van der Waals surface area contributed by atoms with Crippen molar-refractivity contribution in [3.8, 4) is 5.75 Å². The van der Waals surface area contributed by atoms with Crippen LogP contribution in [0, 0.1) is 20.2 Å². The van der Waals surface area contributed by atoms with E-state index in [1.54, 1.807) is 24.3 Å². The maximum absolute atomic E-state index is 12.1. The Morgan fingerprint density at radius 1 is 0.941 bits per heavy atom. The van der Waals surface area contributed by atoms with Gasteiger partial charge in [-0.1, -0.05) is 18.2 Å². The number of nitrogens with zero attached hydrogens (tertiary/aromatic N) is 3. The summed E-state index contributed by atoms with van der Waals surface area (Å²) in [6.45, 7) is -0.317. The number of nitro benzene ring substituents is 2. The standard InChI is InChI=1S/C22H17N5O7/c28-21(24-16-4-3-5-17(12-16)26(30)31)14-34-18-10-8-15(9-11-18)13-23-25-22(29)19-6-1-2-7-20(19)27(32)33/h1-13H,14H2,(H,24,28)(H,25,29). The summed E-state index contributed by atoms with van der Waals surface area (Å²) in [5.74, 6) is -0.836. The summed E-state index contributed by atoms with van der Waals surface area (Å²) in [5, 5.41) is 28.1. The number of rotatable bonds is 9. The van der Waals surface area contributed by atoms with Crippen molar-refractivity contribution < 1.29 is 24.2 Å². The van der Waals surface area contributed by atoms with Crippen molar-refractivity contribution in [2.24, 2.45) is 5.10 Å². The SMILES string of the molecule is O=C(COc1ccc(C=NNC(=O)c2ccccc2[N+](=O)[O-])cc1)Nc1cccc([N+](=O)[O-])c1. The van der Waals surface area contributed by atoms with Gasteiger partial charge in [-0.05, 0) is 42.0 Å². The second-order valence-electron chi connectivity index (χ2n) is 6.69. The number of carbonyl (C=O) groups excluding carboxylic acids is 2. The molecule has 0 bridgehead atoms. The Balaban J connectivity index is 1.50. The predicted molar refractivity (Wildman–Crippen MR) is 122 cm³/mol. The fraction of sp³-hybridized carbons (Fsp3) is 0.0455. The van der Waals surface area contributed by atoms with E-state index in [1.807, 2.05) is 0 Å². The van der Waals surface area contributed by atoms with Crippen molar-refractivity contribution in [2.75, 3.05) is 11.9 Å². The summed E-state index contributed by atoms with van der Waals surface area (Å²) in [5.41, 5.74) is 2.51. The van der Waals surface area contributed by atoms with Gasteiger partial charge in [-0.3, -0.25) is 29.8 Å². The van der Waals surface area contributed by atoms with E-state index in [-0.39, 0.29) is 29.2 Å². The monoisotopic (exact) mass is 463 g/mol. The van der Waals surface area contributed by atoms with E-state index >= 15 is 0 Å². The van der Waals surface area contributed by atoms with Crippen molar-refractivity contribution >= 4 is 35.1 Å². The average Bonchev–Trinajstić information content (AvgIpc) is 2.83. The molecular weight excluding hydrogens is 446 g/mol. The molecule has 0 fully saturated rings. The number of amides is 2. The van der Waals surface area contributed by atoms with Crippen molar-refractivity contribution in [1.82, 2.24) is 5.43 Å². The molecule has 12 heteroatoms. The van der Waals surface area contributed by atoms with Crippen molar-refractivity contribution in [2.45, 2.75) is 0 Å². The Hall–Kier alpha value is -5.13. The van der Waals surface area contributed by atoms with E-state index in [0.29, 0.717) is 11.3 Å². The second-order valence-corrected chi connectivity index (χ2v) is 6.69. The smallest absolute Gasteiger partial charge is 0.282 e. The predicted octanol–water partition coefficient (Wildman–Crippen LogP) is 3.28. The van der Waals surface area contributed by atoms with Crippen LogP contribution in [0.15, 0.2) is 77.9 Å². The van der Waals surface area contributed by atoms with Gasteiger partial charge in [0.1, 0.15) is 11.3 Å². The Labute approximate surface area is 192 Å². The highest BCUT2D eigenvalue weighted by molar-refractivity contribution is 5.98. The first kappa shape index (κ1) is 23.5. The van der Waals surface area contributed by atoms with Crippen LogP contribution < -0.4 is 15.5 Å². The van der Waals surface area contributed by atoms with Gasteiger partial charge < -0.3 is 10.1 Å². The summed E-state index contributed by atoms with van der Waals surface area (Å²) >= 11 is 0. The third-order valence-electron chi connectivity index (χ3n) is 4.32. The molecule has 0 aliphatic carbocycles. The van der Waals surface area contributed by atoms with E-state index in [0.717, 1.165) is 0 Å². The maximum Gasteiger partial charge on any atom is 0.282 e. The zero-order chi connectivity index (χ0) is 24.5. The molecule has 0 aliphatic rings. The van der Waals surface area contributed by atoms with Gasteiger partial charge in [0.15, 0.2) is 6.61 Å². The fourth-order valence-corrected chi connectivity index (χ4v) is 2.74. The van der Waals surface area contributed by atoms with Crippen molar-refractivity contribution in [3.05, 3.63) is 104 Å². The summed E-state index contributed by atoms with van der Waals surface area (Å²) in [6, 6.07) is 17.4. The molecule has 2 N–H and O–H groups in total. The van der Waals surface area contributed by atoms with Crippen LogP contribution in [0.4, 0.5) is 17.1 Å². The number of nitrogens with one attached hydrogen (secondary N) is 2. The van der Waals surface area contributed by atoms with Gasteiger partial charge in [-0.2, -0.15) is 5.10 Å². The van der Waals surface area contributed by atoms with Crippen LogP contribution >= 0.6 is 0 Å². The van der Waals surface area contributed by atoms with Crippen LogP contribution in [0.1, 0.15) is 15.9 Å². The first-order valence-electron chi connectivity index (χ1n) is 9.67. The quantitative estimate of drug-likeness (QED) is 0.279. The summed E-state index contributed by atoms with van der Waals surface area (Å²) < 4.78 is 5.38. The second kappa shape index (κ2) is 10.9. The average molecular weight is 463 g/mol. The number of ether oxygens (including phenoxy) is 1. The van der Waals surface area contributed by atoms with Gasteiger partial charge in [0.25, 0.3) is 23.2 Å². The number of anilines is 1. The third-order valence-corrected chi connectivity index (χ3v) is 4.32. The highest BCUT2D eigenvalue weighted by Gasteiger charge is 2.18. The van der Waals surface area contributed by atoms with E-state index in [9.17, 15) is 29.8 Å². The normalized spacial score (nSPS) is 10.5. The zero-order valence-electron chi connectivity index (χ0n) is 17.4. The van der Waals surface area contributed by atoms with Gasteiger partial charge in [-0.25, -0.2) is 5.43 Å². The number of benzene rings is 3. The molecule has 0 spiro atoms. The highest BCUT2D eigenvalue weighted by atomic mass is 16.6. The molecule has 3 rings (SSSR count). The molecule has 3 aromatic rings. The minimum Gasteiger partial charge on any atom is -0.484 e. The van der Waals surface area contributed by atoms with Gasteiger partial charge in [0.05, 0.1) is 16.1 Å². The minimum absolute atomic E-state index is 0.114. The molecule has 0 radical (unpaired) electrons.